The normalized spacial score (nSPS) is 22.2. The number of hydrogen-bond acceptors (Lipinski definition) is 4. The van der Waals surface area contributed by atoms with Crippen molar-refractivity contribution in [3.05, 3.63) is 35.6 Å². The van der Waals surface area contributed by atoms with Gasteiger partial charge in [0.2, 0.25) is 5.91 Å². The van der Waals surface area contributed by atoms with Crippen LogP contribution in [0.2, 0.25) is 0 Å². The van der Waals surface area contributed by atoms with E-state index < -0.39 is 0 Å². The first-order valence-electron chi connectivity index (χ1n) is 9.35. The molecule has 1 spiro atoms. The van der Waals surface area contributed by atoms with Crippen molar-refractivity contribution < 1.29 is 18.7 Å². The van der Waals surface area contributed by atoms with Crippen molar-refractivity contribution in [1.82, 2.24) is 9.80 Å². The van der Waals surface area contributed by atoms with Crippen molar-refractivity contribution in [2.45, 2.75) is 31.4 Å². The second-order valence-corrected chi connectivity index (χ2v) is 7.76. The monoisotopic (exact) mass is 364 g/mol. The number of halogens is 1. The molecule has 2 fully saturated rings. The Morgan fingerprint density at radius 2 is 2.15 bits per heavy atom. The summed E-state index contributed by atoms with van der Waals surface area (Å²) in [7, 11) is 3.47. The van der Waals surface area contributed by atoms with Gasteiger partial charge in [-0.15, -0.1) is 0 Å². The van der Waals surface area contributed by atoms with E-state index in [1.165, 1.54) is 6.07 Å². The molecule has 3 rings (SSSR count). The Kier molecular flexibility index (Phi) is 6.27. The van der Waals surface area contributed by atoms with Crippen LogP contribution in [0, 0.1) is 11.7 Å². The molecule has 2 aliphatic rings. The second kappa shape index (κ2) is 8.46. The van der Waals surface area contributed by atoms with E-state index in [2.05, 4.69) is 4.90 Å². The van der Waals surface area contributed by atoms with Gasteiger partial charge in [-0.1, -0.05) is 18.2 Å². The highest BCUT2D eigenvalue weighted by molar-refractivity contribution is 5.76. The summed E-state index contributed by atoms with van der Waals surface area (Å²) in [6.45, 7) is 3.89. The van der Waals surface area contributed by atoms with Crippen molar-refractivity contribution in [2.24, 2.45) is 5.92 Å². The number of rotatable bonds is 7. The fourth-order valence-electron chi connectivity index (χ4n) is 3.88. The van der Waals surface area contributed by atoms with Gasteiger partial charge in [-0.3, -0.25) is 9.69 Å². The molecule has 1 aromatic rings. The van der Waals surface area contributed by atoms with E-state index in [1.54, 1.807) is 25.1 Å². The van der Waals surface area contributed by atoms with Gasteiger partial charge in [-0.25, -0.2) is 4.39 Å². The van der Waals surface area contributed by atoms with E-state index in [0.717, 1.165) is 44.5 Å². The van der Waals surface area contributed by atoms with Crippen LogP contribution in [0.4, 0.5) is 4.39 Å². The molecule has 0 radical (unpaired) electrons. The predicted molar refractivity (Wildman–Crippen MR) is 97.2 cm³/mol. The molecule has 1 atom stereocenters. The molecule has 0 bridgehead atoms. The number of amides is 1. The number of ether oxygens (including phenoxy) is 2. The lowest BCUT2D eigenvalue weighted by Crippen LogP contribution is -2.64. The zero-order valence-corrected chi connectivity index (χ0v) is 15.7. The zero-order chi connectivity index (χ0) is 18.6. The maximum atomic E-state index is 13.8. The third-order valence-corrected chi connectivity index (χ3v) is 5.37. The van der Waals surface area contributed by atoms with Crippen LogP contribution in [0.3, 0.4) is 0 Å². The third-order valence-electron chi connectivity index (χ3n) is 5.37. The van der Waals surface area contributed by atoms with Crippen LogP contribution >= 0.6 is 0 Å². The Labute approximate surface area is 155 Å². The topological polar surface area (TPSA) is 42.0 Å². The number of likely N-dealkylation sites (tertiary alicyclic amines) is 1. The minimum atomic E-state index is -0.139. The first-order chi connectivity index (χ1) is 12.5. The SMILES string of the molecule is CN(C)C(=O)COCC[C@@H]1CCOC2(C1)CN(Cc1ccccc1F)C2. The average Bonchev–Trinajstić information content (AvgIpc) is 2.59. The molecule has 0 unspecified atom stereocenters. The van der Waals surface area contributed by atoms with E-state index in [-0.39, 0.29) is 23.9 Å². The number of hydrogen-bond donors (Lipinski definition) is 0. The molecule has 0 N–H and O–H groups in total. The number of nitrogens with zero attached hydrogens (tertiary/aromatic N) is 2. The summed E-state index contributed by atoms with van der Waals surface area (Å²) in [5, 5.41) is 0. The third kappa shape index (κ3) is 4.81. The van der Waals surface area contributed by atoms with Crippen molar-refractivity contribution in [3.63, 3.8) is 0 Å². The summed E-state index contributed by atoms with van der Waals surface area (Å²) in [5.74, 6) is 0.422. The van der Waals surface area contributed by atoms with Gasteiger partial charge in [0.1, 0.15) is 12.4 Å². The molecule has 0 saturated carbocycles. The van der Waals surface area contributed by atoms with Crippen LogP contribution in [0.5, 0.6) is 0 Å². The quantitative estimate of drug-likeness (QED) is 0.697. The predicted octanol–water partition coefficient (Wildman–Crippen LogP) is 2.30. The summed E-state index contributed by atoms with van der Waals surface area (Å²) in [6.07, 6.45) is 3.02. The number of carbonyl (C=O) groups excluding carboxylic acids is 1. The Hall–Kier alpha value is -1.50. The lowest BCUT2D eigenvalue weighted by Gasteiger charge is -2.53. The summed E-state index contributed by atoms with van der Waals surface area (Å²) in [4.78, 5) is 15.3. The van der Waals surface area contributed by atoms with Crippen LogP contribution in [-0.2, 0) is 20.8 Å². The van der Waals surface area contributed by atoms with E-state index in [9.17, 15) is 9.18 Å². The fourth-order valence-corrected chi connectivity index (χ4v) is 3.88. The maximum absolute atomic E-state index is 13.8. The minimum absolute atomic E-state index is 0.00349. The highest BCUT2D eigenvalue weighted by atomic mass is 19.1. The molecule has 5 nitrogen and oxygen atoms in total. The Bertz CT molecular complexity index is 617. The molecule has 144 valence electrons. The molecule has 6 heteroatoms. The Balaban J connectivity index is 1.39. The summed E-state index contributed by atoms with van der Waals surface area (Å²) in [5.41, 5.74) is 0.668. The first kappa shape index (κ1) is 19.3. The van der Waals surface area contributed by atoms with Crippen molar-refractivity contribution in [2.75, 3.05) is 47.0 Å². The molecular formula is C20H29FN2O3. The van der Waals surface area contributed by atoms with E-state index in [1.807, 2.05) is 12.1 Å². The average molecular weight is 364 g/mol. The minimum Gasteiger partial charge on any atom is -0.372 e. The van der Waals surface area contributed by atoms with E-state index >= 15 is 0 Å². The first-order valence-corrected chi connectivity index (χ1v) is 9.35. The van der Waals surface area contributed by atoms with Gasteiger partial charge in [0.05, 0.1) is 5.60 Å². The Morgan fingerprint density at radius 1 is 1.38 bits per heavy atom. The van der Waals surface area contributed by atoms with Crippen LogP contribution < -0.4 is 0 Å². The molecule has 2 saturated heterocycles. The van der Waals surface area contributed by atoms with Crippen molar-refractivity contribution in [1.29, 1.82) is 0 Å². The van der Waals surface area contributed by atoms with Gasteiger partial charge < -0.3 is 14.4 Å². The number of benzene rings is 1. The van der Waals surface area contributed by atoms with Gasteiger partial charge in [0.15, 0.2) is 0 Å². The van der Waals surface area contributed by atoms with Crippen LogP contribution in [0.15, 0.2) is 24.3 Å². The lowest BCUT2D eigenvalue weighted by atomic mass is 9.79. The van der Waals surface area contributed by atoms with Crippen molar-refractivity contribution >= 4 is 5.91 Å². The van der Waals surface area contributed by atoms with Gasteiger partial charge in [0, 0.05) is 52.5 Å². The summed E-state index contributed by atoms with van der Waals surface area (Å²) >= 11 is 0. The van der Waals surface area contributed by atoms with Gasteiger partial charge in [-0.2, -0.15) is 0 Å². The summed E-state index contributed by atoms with van der Waals surface area (Å²) < 4.78 is 25.4. The molecule has 26 heavy (non-hydrogen) atoms. The van der Waals surface area contributed by atoms with Crippen LogP contribution in [0.1, 0.15) is 24.8 Å². The molecule has 1 amide bonds. The zero-order valence-electron chi connectivity index (χ0n) is 15.7. The molecular weight excluding hydrogens is 335 g/mol. The highest BCUT2D eigenvalue weighted by Gasteiger charge is 2.47. The molecule has 2 heterocycles. The van der Waals surface area contributed by atoms with E-state index in [4.69, 9.17) is 9.47 Å². The van der Waals surface area contributed by atoms with Crippen LogP contribution in [-0.4, -0.2) is 68.3 Å². The molecule has 1 aromatic carbocycles. The maximum Gasteiger partial charge on any atom is 0.248 e. The largest absolute Gasteiger partial charge is 0.372 e. The second-order valence-electron chi connectivity index (χ2n) is 7.76. The highest BCUT2D eigenvalue weighted by Crippen LogP contribution is 2.38. The van der Waals surface area contributed by atoms with Gasteiger partial charge in [-0.05, 0) is 31.2 Å². The number of likely N-dealkylation sites (N-methyl/N-ethyl adjacent to an activating group) is 1. The smallest absolute Gasteiger partial charge is 0.248 e. The van der Waals surface area contributed by atoms with Crippen LogP contribution in [0.25, 0.3) is 0 Å². The Morgan fingerprint density at radius 3 is 2.88 bits per heavy atom. The molecule has 2 aliphatic heterocycles. The van der Waals surface area contributed by atoms with Gasteiger partial charge >= 0.3 is 0 Å². The number of carbonyl (C=O) groups is 1. The van der Waals surface area contributed by atoms with Gasteiger partial charge in [0.25, 0.3) is 0 Å². The fraction of sp³-hybridized carbons (Fsp3) is 0.650. The van der Waals surface area contributed by atoms with E-state index in [0.29, 0.717) is 19.1 Å². The standard InChI is InChI=1S/C20H29FN2O3/c1-22(2)19(24)13-25-9-7-16-8-10-26-20(11-16)14-23(15-20)12-17-5-3-4-6-18(17)21/h3-6,16H,7-15H2,1-2H3/t16-/m1/s1. The lowest BCUT2D eigenvalue weighted by molar-refractivity contribution is -0.182. The van der Waals surface area contributed by atoms with Crippen molar-refractivity contribution in [3.8, 4) is 0 Å². The molecule has 0 aromatic heterocycles. The summed E-state index contributed by atoms with van der Waals surface area (Å²) in [6, 6.07) is 6.96. The molecule has 0 aliphatic carbocycles.